The zero-order valence-electron chi connectivity index (χ0n) is 13.6. The molecule has 0 unspecified atom stereocenters. The van der Waals surface area contributed by atoms with E-state index in [4.69, 9.17) is 9.47 Å². The average molecular weight is 332 g/mol. The van der Waals surface area contributed by atoms with Crippen molar-refractivity contribution in [1.82, 2.24) is 4.90 Å². The van der Waals surface area contributed by atoms with Crippen LogP contribution in [-0.2, 0) is 14.3 Å². The molecule has 24 heavy (non-hydrogen) atoms. The van der Waals surface area contributed by atoms with Gasteiger partial charge >= 0.3 is 5.97 Å². The average Bonchev–Trinajstić information content (AvgIpc) is 3.12. The number of esters is 1. The third-order valence-corrected chi connectivity index (χ3v) is 4.17. The highest BCUT2D eigenvalue weighted by atomic mass is 16.5. The minimum absolute atomic E-state index is 0.0402. The summed E-state index contributed by atoms with van der Waals surface area (Å²) in [5.41, 5.74) is 0.761. The van der Waals surface area contributed by atoms with Crippen molar-refractivity contribution in [2.24, 2.45) is 0 Å². The van der Waals surface area contributed by atoms with Crippen LogP contribution in [-0.4, -0.2) is 55.5 Å². The van der Waals surface area contributed by atoms with E-state index in [0.29, 0.717) is 17.0 Å². The molecule has 1 aromatic carbocycles. The minimum atomic E-state index is -0.468. The molecule has 0 atom stereocenters. The fourth-order valence-electron chi connectivity index (χ4n) is 2.92. The van der Waals surface area contributed by atoms with Crippen LogP contribution in [0.1, 0.15) is 30.1 Å². The monoisotopic (exact) mass is 332 g/mol. The number of ether oxygens (including phenoxy) is 2. The molecule has 2 heterocycles. The molecule has 2 aliphatic rings. The molecule has 0 spiro atoms. The van der Waals surface area contributed by atoms with Crippen molar-refractivity contribution < 1.29 is 23.9 Å². The van der Waals surface area contributed by atoms with Gasteiger partial charge in [0.15, 0.2) is 6.61 Å². The molecule has 1 fully saturated rings. The lowest BCUT2D eigenvalue weighted by atomic mass is 10.1. The Balaban J connectivity index is 1.85. The van der Waals surface area contributed by atoms with E-state index in [1.807, 2.05) is 0 Å². The molecule has 1 saturated heterocycles. The number of carbonyl (C=O) groups is 3. The van der Waals surface area contributed by atoms with Crippen LogP contribution < -0.4 is 9.64 Å². The summed E-state index contributed by atoms with van der Waals surface area (Å²) in [5.74, 6) is -0.368. The van der Waals surface area contributed by atoms with E-state index in [2.05, 4.69) is 0 Å². The standard InChI is InChI=1S/C17H20N2O5/c1-2-23-17(22)12-5-6-14-13(9-12)19(16(21)11-24-14)10-15(20)18-7-3-4-8-18/h5-6,9H,2-4,7-8,10-11H2,1H3. The second-order valence-electron chi connectivity index (χ2n) is 5.76. The smallest absolute Gasteiger partial charge is 0.338 e. The quantitative estimate of drug-likeness (QED) is 0.775. The Bertz CT molecular complexity index is 667. The molecule has 0 aliphatic carbocycles. The number of amides is 2. The zero-order valence-corrected chi connectivity index (χ0v) is 13.6. The molecule has 7 nitrogen and oxygen atoms in total. The third kappa shape index (κ3) is 3.20. The van der Waals surface area contributed by atoms with Gasteiger partial charge in [0.2, 0.25) is 5.91 Å². The van der Waals surface area contributed by atoms with Crippen LogP contribution in [0, 0.1) is 0 Å². The first-order valence-electron chi connectivity index (χ1n) is 8.12. The topological polar surface area (TPSA) is 76.2 Å². The van der Waals surface area contributed by atoms with Gasteiger partial charge in [0, 0.05) is 13.1 Å². The van der Waals surface area contributed by atoms with E-state index in [9.17, 15) is 14.4 Å². The molecule has 2 amide bonds. The van der Waals surface area contributed by atoms with Crippen LogP contribution in [0.4, 0.5) is 5.69 Å². The Morgan fingerprint density at radius 1 is 1.25 bits per heavy atom. The fourth-order valence-corrected chi connectivity index (χ4v) is 2.92. The third-order valence-electron chi connectivity index (χ3n) is 4.17. The maximum Gasteiger partial charge on any atom is 0.338 e. The first kappa shape index (κ1) is 16.3. The lowest BCUT2D eigenvalue weighted by Crippen LogP contribution is -2.45. The van der Waals surface area contributed by atoms with Crippen LogP contribution in [0.15, 0.2) is 18.2 Å². The van der Waals surface area contributed by atoms with E-state index in [1.165, 1.54) is 4.90 Å². The van der Waals surface area contributed by atoms with Gasteiger partial charge in [-0.3, -0.25) is 14.5 Å². The van der Waals surface area contributed by atoms with E-state index < -0.39 is 5.97 Å². The van der Waals surface area contributed by atoms with Crippen molar-refractivity contribution in [2.45, 2.75) is 19.8 Å². The fraction of sp³-hybridized carbons (Fsp3) is 0.471. The van der Waals surface area contributed by atoms with Crippen LogP contribution >= 0.6 is 0 Å². The van der Waals surface area contributed by atoms with Gasteiger partial charge in [-0.25, -0.2) is 4.79 Å². The molecule has 0 bridgehead atoms. The lowest BCUT2D eigenvalue weighted by Gasteiger charge is -2.30. The molecule has 0 N–H and O–H groups in total. The van der Waals surface area contributed by atoms with Crippen molar-refractivity contribution in [3.8, 4) is 5.75 Å². The van der Waals surface area contributed by atoms with Crippen LogP contribution in [0.3, 0.4) is 0 Å². The van der Waals surface area contributed by atoms with Crippen molar-refractivity contribution in [1.29, 1.82) is 0 Å². The van der Waals surface area contributed by atoms with Gasteiger partial charge in [-0.1, -0.05) is 0 Å². The highest BCUT2D eigenvalue weighted by molar-refractivity contribution is 6.03. The summed E-state index contributed by atoms with van der Waals surface area (Å²) in [5, 5.41) is 0. The van der Waals surface area contributed by atoms with Gasteiger partial charge < -0.3 is 14.4 Å². The Labute approximate surface area is 140 Å². The van der Waals surface area contributed by atoms with Crippen LogP contribution in [0.25, 0.3) is 0 Å². The number of rotatable bonds is 4. The van der Waals surface area contributed by atoms with Crippen LogP contribution in [0.2, 0.25) is 0 Å². The summed E-state index contributed by atoms with van der Waals surface area (Å²) >= 11 is 0. The SMILES string of the molecule is CCOC(=O)c1ccc2c(c1)N(CC(=O)N1CCCC1)C(=O)CO2. The predicted molar refractivity (Wildman–Crippen MR) is 86.1 cm³/mol. The van der Waals surface area contributed by atoms with Gasteiger partial charge in [-0.05, 0) is 38.0 Å². The summed E-state index contributed by atoms with van der Waals surface area (Å²) < 4.78 is 10.4. The molecule has 3 rings (SSSR count). The lowest BCUT2D eigenvalue weighted by molar-refractivity contribution is -0.131. The Kier molecular flexibility index (Phi) is 4.69. The van der Waals surface area contributed by atoms with E-state index >= 15 is 0 Å². The number of benzene rings is 1. The summed E-state index contributed by atoms with van der Waals surface area (Å²) in [6.45, 7) is 3.30. The van der Waals surface area contributed by atoms with Gasteiger partial charge in [0.25, 0.3) is 5.91 Å². The Hall–Kier alpha value is -2.57. The number of likely N-dealkylation sites (tertiary alicyclic amines) is 1. The molecule has 2 aliphatic heterocycles. The second kappa shape index (κ2) is 6.90. The summed E-state index contributed by atoms with van der Waals surface area (Å²) in [6, 6.07) is 4.76. The number of anilines is 1. The second-order valence-corrected chi connectivity index (χ2v) is 5.76. The van der Waals surface area contributed by atoms with Gasteiger partial charge in [0.05, 0.1) is 17.9 Å². The van der Waals surface area contributed by atoms with E-state index in [-0.39, 0.29) is 31.6 Å². The molecule has 0 aromatic heterocycles. The van der Waals surface area contributed by atoms with Crippen molar-refractivity contribution in [3.05, 3.63) is 23.8 Å². The van der Waals surface area contributed by atoms with Gasteiger partial charge in [-0.15, -0.1) is 0 Å². The number of hydrogen-bond donors (Lipinski definition) is 0. The summed E-state index contributed by atoms with van der Waals surface area (Å²) in [4.78, 5) is 39.7. The molecule has 128 valence electrons. The number of nitrogens with zero attached hydrogens (tertiary/aromatic N) is 2. The predicted octanol–water partition coefficient (Wildman–Crippen LogP) is 1.21. The normalized spacial score (nSPS) is 16.6. The molecule has 1 aromatic rings. The first-order valence-corrected chi connectivity index (χ1v) is 8.12. The molecule has 0 radical (unpaired) electrons. The van der Waals surface area contributed by atoms with Gasteiger partial charge in [-0.2, -0.15) is 0 Å². The Morgan fingerprint density at radius 3 is 2.71 bits per heavy atom. The van der Waals surface area contributed by atoms with Gasteiger partial charge in [0.1, 0.15) is 12.3 Å². The highest BCUT2D eigenvalue weighted by Crippen LogP contribution is 2.33. The summed E-state index contributed by atoms with van der Waals surface area (Å²) in [6.07, 6.45) is 1.98. The molecular weight excluding hydrogens is 312 g/mol. The maximum absolute atomic E-state index is 12.4. The first-order chi connectivity index (χ1) is 11.6. The van der Waals surface area contributed by atoms with Crippen molar-refractivity contribution in [2.75, 3.05) is 37.7 Å². The highest BCUT2D eigenvalue weighted by Gasteiger charge is 2.30. The Morgan fingerprint density at radius 2 is 2.00 bits per heavy atom. The molecule has 0 saturated carbocycles. The van der Waals surface area contributed by atoms with Crippen molar-refractivity contribution >= 4 is 23.5 Å². The molecular formula is C17H20N2O5. The number of carbonyl (C=O) groups excluding carboxylic acids is 3. The van der Waals surface area contributed by atoms with E-state index in [1.54, 1.807) is 30.0 Å². The maximum atomic E-state index is 12.4. The van der Waals surface area contributed by atoms with Crippen LogP contribution in [0.5, 0.6) is 5.75 Å². The largest absolute Gasteiger partial charge is 0.482 e. The van der Waals surface area contributed by atoms with Crippen molar-refractivity contribution in [3.63, 3.8) is 0 Å². The number of hydrogen-bond acceptors (Lipinski definition) is 5. The minimum Gasteiger partial charge on any atom is -0.482 e. The van der Waals surface area contributed by atoms with E-state index in [0.717, 1.165) is 25.9 Å². The number of fused-ring (bicyclic) bond motifs is 1. The summed E-state index contributed by atoms with van der Waals surface area (Å²) in [7, 11) is 0. The zero-order chi connectivity index (χ0) is 17.1. The molecule has 7 heteroatoms.